The third-order valence-corrected chi connectivity index (χ3v) is 4.55. The van der Waals surface area contributed by atoms with Crippen molar-refractivity contribution in [1.29, 1.82) is 0 Å². The van der Waals surface area contributed by atoms with E-state index in [1.165, 1.54) is 12.8 Å². The minimum atomic E-state index is -0.456. The van der Waals surface area contributed by atoms with Crippen molar-refractivity contribution in [1.82, 2.24) is 9.38 Å². The van der Waals surface area contributed by atoms with Gasteiger partial charge >= 0.3 is 0 Å². The van der Waals surface area contributed by atoms with Gasteiger partial charge in [0.15, 0.2) is 0 Å². The average Bonchev–Trinajstić information content (AvgIpc) is 2.85. The summed E-state index contributed by atoms with van der Waals surface area (Å²) in [6.07, 6.45) is 7.64. The summed E-state index contributed by atoms with van der Waals surface area (Å²) in [5, 5.41) is 11.3. The van der Waals surface area contributed by atoms with Crippen LogP contribution in [0.25, 0.3) is 5.52 Å². The van der Waals surface area contributed by atoms with E-state index < -0.39 is 6.10 Å². The Morgan fingerprint density at radius 3 is 2.79 bits per heavy atom. The summed E-state index contributed by atoms with van der Waals surface area (Å²) in [7, 11) is 0. The Hall–Kier alpha value is -1.06. The topological polar surface area (TPSA) is 37.5 Å². The molecular formula is C15H19ClN2O. The number of aliphatic hydroxyl groups excluding tert-OH is 1. The van der Waals surface area contributed by atoms with E-state index in [1.54, 1.807) is 12.5 Å². The normalized spacial score (nSPS) is 25.6. The van der Waals surface area contributed by atoms with Gasteiger partial charge in [0.05, 0.1) is 29.8 Å². The Balaban J connectivity index is 1.92. The maximum absolute atomic E-state index is 10.7. The Labute approximate surface area is 118 Å². The molecule has 102 valence electrons. The van der Waals surface area contributed by atoms with Gasteiger partial charge in [-0.2, -0.15) is 0 Å². The predicted octanol–water partition coefficient (Wildman–Crippen LogP) is 3.85. The highest BCUT2D eigenvalue weighted by molar-refractivity contribution is 6.31. The van der Waals surface area contributed by atoms with Crippen molar-refractivity contribution in [2.75, 3.05) is 0 Å². The molecule has 1 fully saturated rings. The summed E-state index contributed by atoms with van der Waals surface area (Å²) in [5.41, 5.74) is 1.80. The molecule has 1 aliphatic rings. The maximum Gasteiger partial charge on any atom is 0.0995 e. The van der Waals surface area contributed by atoms with Gasteiger partial charge in [-0.1, -0.05) is 31.4 Å². The van der Waals surface area contributed by atoms with Crippen molar-refractivity contribution in [2.45, 2.75) is 38.7 Å². The van der Waals surface area contributed by atoms with Crippen LogP contribution in [-0.4, -0.2) is 14.5 Å². The molecule has 3 rings (SSSR count). The van der Waals surface area contributed by atoms with Crippen LogP contribution in [0.5, 0.6) is 0 Å². The molecule has 1 unspecified atom stereocenters. The molecule has 0 amide bonds. The number of aromatic nitrogens is 2. The average molecular weight is 279 g/mol. The van der Waals surface area contributed by atoms with Crippen LogP contribution in [-0.2, 0) is 0 Å². The lowest BCUT2D eigenvalue weighted by atomic mass is 9.79. The first kappa shape index (κ1) is 12.9. The number of hydrogen-bond donors (Lipinski definition) is 1. The number of aliphatic hydroxyl groups is 1. The van der Waals surface area contributed by atoms with Gasteiger partial charge in [-0.25, -0.2) is 4.98 Å². The first-order chi connectivity index (χ1) is 9.15. The SMILES string of the molecule is CC1CCC(C(O)c2cc(Cl)cc3cncn23)CC1. The molecule has 1 atom stereocenters. The highest BCUT2D eigenvalue weighted by Gasteiger charge is 2.27. The van der Waals surface area contributed by atoms with E-state index in [9.17, 15) is 5.11 Å². The highest BCUT2D eigenvalue weighted by Crippen LogP contribution is 2.37. The second kappa shape index (κ2) is 5.14. The molecule has 2 heterocycles. The van der Waals surface area contributed by atoms with Crippen LogP contribution in [0.1, 0.15) is 44.4 Å². The molecule has 2 aromatic rings. The summed E-state index contributed by atoms with van der Waals surface area (Å²) in [5.74, 6) is 1.12. The van der Waals surface area contributed by atoms with Crippen molar-refractivity contribution < 1.29 is 5.11 Å². The van der Waals surface area contributed by atoms with Gasteiger partial charge in [-0.05, 0) is 36.8 Å². The molecule has 0 aromatic carbocycles. The van der Waals surface area contributed by atoms with E-state index in [0.29, 0.717) is 10.9 Å². The summed E-state index contributed by atoms with van der Waals surface area (Å²) in [4.78, 5) is 4.14. The third-order valence-electron chi connectivity index (χ3n) is 4.33. The fraction of sp³-hybridized carbons (Fsp3) is 0.533. The summed E-state index contributed by atoms with van der Waals surface area (Å²) in [6.45, 7) is 2.29. The standard InChI is InChI=1S/C15H19ClN2O/c1-10-2-4-11(5-3-10)15(19)14-7-12(16)6-13-8-17-9-18(13)14/h6-11,15,19H,2-5H2,1H3. The van der Waals surface area contributed by atoms with Crippen molar-refractivity contribution in [3.63, 3.8) is 0 Å². The van der Waals surface area contributed by atoms with E-state index in [2.05, 4.69) is 11.9 Å². The van der Waals surface area contributed by atoms with Crippen LogP contribution in [0.15, 0.2) is 24.7 Å². The molecular weight excluding hydrogens is 260 g/mol. The third kappa shape index (κ3) is 2.49. The van der Waals surface area contributed by atoms with Gasteiger partial charge in [-0.15, -0.1) is 0 Å². The van der Waals surface area contributed by atoms with Crippen LogP contribution in [0.4, 0.5) is 0 Å². The molecule has 0 saturated heterocycles. The van der Waals surface area contributed by atoms with Crippen LogP contribution in [0.3, 0.4) is 0 Å². The quantitative estimate of drug-likeness (QED) is 0.906. The second-order valence-corrected chi connectivity index (χ2v) is 6.19. The summed E-state index contributed by atoms with van der Waals surface area (Å²) >= 11 is 6.13. The van der Waals surface area contributed by atoms with Gasteiger partial charge < -0.3 is 9.51 Å². The van der Waals surface area contributed by atoms with Crippen LogP contribution >= 0.6 is 11.6 Å². The van der Waals surface area contributed by atoms with Crippen LogP contribution < -0.4 is 0 Å². The van der Waals surface area contributed by atoms with E-state index in [1.807, 2.05) is 16.5 Å². The minimum Gasteiger partial charge on any atom is -0.387 e. The fourth-order valence-corrected chi connectivity index (χ4v) is 3.32. The first-order valence-electron chi connectivity index (χ1n) is 6.94. The largest absolute Gasteiger partial charge is 0.387 e. The Kier molecular flexibility index (Phi) is 3.50. The zero-order valence-electron chi connectivity index (χ0n) is 11.1. The van der Waals surface area contributed by atoms with Gasteiger partial charge in [0.25, 0.3) is 0 Å². The number of nitrogens with zero attached hydrogens (tertiary/aromatic N) is 2. The fourth-order valence-electron chi connectivity index (χ4n) is 3.09. The van der Waals surface area contributed by atoms with E-state index >= 15 is 0 Å². The smallest absolute Gasteiger partial charge is 0.0995 e. The Morgan fingerprint density at radius 1 is 1.32 bits per heavy atom. The van der Waals surface area contributed by atoms with E-state index in [-0.39, 0.29) is 0 Å². The number of fused-ring (bicyclic) bond motifs is 1. The second-order valence-electron chi connectivity index (χ2n) is 5.75. The molecule has 0 bridgehead atoms. The molecule has 3 nitrogen and oxygen atoms in total. The number of halogens is 1. The first-order valence-corrected chi connectivity index (χ1v) is 7.32. The number of imidazole rings is 1. The molecule has 1 saturated carbocycles. The van der Waals surface area contributed by atoms with Crippen molar-refractivity contribution >= 4 is 17.1 Å². The van der Waals surface area contributed by atoms with Gasteiger partial charge in [0.1, 0.15) is 0 Å². The molecule has 1 N–H and O–H groups in total. The zero-order chi connectivity index (χ0) is 13.4. The van der Waals surface area contributed by atoms with E-state index in [4.69, 9.17) is 11.6 Å². The summed E-state index contributed by atoms with van der Waals surface area (Å²) < 4.78 is 1.94. The summed E-state index contributed by atoms with van der Waals surface area (Å²) in [6, 6.07) is 3.73. The Bertz CT molecular complexity index is 573. The van der Waals surface area contributed by atoms with Crippen molar-refractivity contribution in [2.24, 2.45) is 11.8 Å². The minimum absolute atomic E-state index is 0.334. The number of rotatable bonds is 2. The monoisotopic (exact) mass is 278 g/mol. The molecule has 0 aliphatic heterocycles. The lowest BCUT2D eigenvalue weighted by Gasteiger charge is -2.30. The van der Waals surface area contributed by atoms with Gasteiger partial charge in [0.2, 0.25) is 0 Å². The van der Waals surface area contributed by atoms with Crippen LogP contribution in [0.2, 0.25) is 5.02 Å². The van der Waals surface area contributed by atoms with Gasteiger partial charge in [-0.3, -0.25) is 0 Å². The Morgan fingerprint density at radius 2 is 2.05 bits per heavy atom. The number of pyridine rings is 1. The molecule has 4 heteroatoms. The molecule has 1 aliphatic carbocycles. The highest BCUT2D eigenvalue weighted by atomic mass is 35.5. The van der Waals surface area contributed by atoms with Crippen molar-refractivity contribution in [3.8, 4) is 0 Å². The van der Waals surface area contributed by atoms with E-state index in [0.717, 1.165) is 30.0 Å². The lowest BCUT2D eigenvalue weighted by Crippen LogP contribution is -2.20. The number of hydrogen-bond acceptors (Lipinski definition) is 2. The van der Waals surface area contributed by atoms with Crippen molar-refractivity contribution in [3.05, 3.63) is 35.4 Å². The maximum atomic E-state index is 10.7. The molecule has 19 heavy (non-hydrogen) atoms. The predicted molar refractivity (Wildman–Crippen MR) is 76.3 cm³/mol. The molecule has 0 spiro atoms. The van der Waals surface area contributed by atoms with Gasteiger partial charge in [0, 0.05) is 5.02 Å². The lowest BCUT2D eigenvalue weighted by molar-refractivity contribution is 0.0712. The molecule has 0 radical (unpaired) electrons. The van der Waals surface area contributed by atoms with Crippen LogP contribution in [0, 0.1) is 11.8 Å². The molecule has 2 aromatic heterocycles. The zero-order valence-corrected chi connectivity index (χ0v) is 11.8.